The van der Waals surface area contributed by atoms with Crippen molar-refractivity contribution < 1.29 is 14.3 Å². The van der Waals surface area contributed by atoms with Crippen LogP contribution < -0.4 is 5.32 Å². The third kappa shape index (κ3) is 4.11. The van der Waals surface area contributed by atoms with Crippen LogP contribution in [0, 0.1) is 0 Å². The number of hydrogen-bond donors (Lipinski definition) is 1. The molecule has 17 heavy (non-hydrogen) atoms. The third-order valence-electron chi connectivity index (χ3n) is 3.11. The van der Waals surface area contributed by atoms with E-state index in [1.807, 2.05) is 0 Å². The highest BCUT2D eigenvalue weighted by atomic mass is 16.5. The van der Waals surface area contributed by atoms with E-state index in [1.165, 1.54) is 6.92 Å². The van der Waals surface area contributed by atoms with Crippen molar-refractivity contribution in [3.05, 3.63) is 0 Å². The molecular weight excluding hydrogens is 218 g/mol. The van der Waals surface area contributed by atoms with Crippen molar-refractivity contribution in [1.29, 1.82) is 0 Å². The fraction of sp³-hybridized carbons (Fsp3) is 0.846. The van der Waals surface area contributed by atoms with Crippen molar-refractivity contribution in [2.75, 3.05) is 0 Å². The van der Waals surface area contributed by atoms with Crippen molar-refractivity contribution >= 4 is 11.8 Å². The predicted octanol–water partition coefficient (Wildman–Crippen LogP) is 1.82. The van der Waals surface area contributed by atoms with Crippen LogP contribution in [-0.4, -0.2) is 29.9 Å². The number of carbonyl (C=O) groups is 2. The summed E-state index contributed by atoms with van der Waals surface area (Å²) in [7, 11) is 0. The van der Waals surface area contributed by atoms with Crippen LogP contribution in [0.5, 0.6) is 0 Å². The van der Waals surface area contributed by atoms with Crippen molar-refractivity contribution in [1.82, 2.24) is 5.32 Å². The van der Waals surface area contributed by atoms with Gasteiger partial charge in [0.2, 0.25) is 0 Å². The molecule has 0 bridgehead atoms. The molecule has 0 radical (unpaired) electrons. The molecule has 0 aromatic rings. The number of carbonyl (C=O) groups excluding carboxylic acids is 2. The Morgan fingerprint density at radius 2 is 2.00 bits per heavy atom. The Morgan fingerprint density at radius 3 is 2.53 bits per heavy atom. The van der Waals surface area contributed by atoms with Gasteiger partial charge in [-0.15, -0.1) is 0 Å². The minimum absolute atomic E-state index is 0.0123. The monoisotopic (exact) mass is 241 g/mol. The molecule has 1 rings (SSSR count). The van der Waals surface area contributed by atoms with Gasteiger partial charge in [0.15, 0.2) is 11.9 Å². The maximum absolute atomic E-state index is 12.0. The topological polar surface area (TPSA) is 55.4 Å². The first kappa shape index (κ1) is 14.2. The maximum Gasteiger partial charge on any atom is 0.303 e. The van der Waals surface area contributed by atoms with E-state index in [1.54, 1.807) is 0 Å². The largest absolute Gasteiger partial charge is 0.453 e. The molecule has 1 fully saturated rings. The van der Waals surface area contributed by atoms with Gasteiger partial charge in [0.05, 0.1) is 6.04 Å². The van der Waals surface area contributed by atoms with Crippen LogP contribution in [0.4, 0.5) is 0 Å². The molecule has 1 heterocycles. The number of hydrogen-bond acceptors (Lipinski definition) is 4. The lowest BCUT2D eigenvalue weighted by atomic mass is 9.90. The molecule has 1 N–H and O–H groups in total. The summed E-state index contributed by atoms with van der Waals surface area (Å²) in [6.45, 7) is 5.54. The van der Waals surface area contributed by atoms with Crippen LogP contribution in [-0.2, 0) is 14.3 Å². The number of ether oxygens (including phenoxy) is 1. The Kier molecular flexibility index (Phi) is 5.62. The zero-order valence-electron chi connectivity index (χ0n) is 11.0. The molecule has 1 saturated heterocycles. The van der Waals surface area contributed by atoms with Gasteiger partial charge in [0.1, 0.15) is 0 Å². The average Bonchev–Trinajstić information content (AvgIpc) is 2.23. The molecule has 3 unspecified atom stereocenters. The average molecular weight is 241 g/mol. The van der Waals surface area contributed by atoms with E-state index in [4.69, 9.17) is 4.74 Å². The Balaban J connectivity index is 2.68. The highest BCUT2D eigenvalue weighted by Crippen LogP contribution is 2.19. The summed E-state index contributed by atoms with van der Waals surface area (Å²) in [4.78, 5) is 23.0. The third-order valence-corrected chi connectivity index (χ3v) is 3.11. The molecular formula is C13H23NO3. The molecule has 0 aliphatic carbocycles. The lowest BCUT2D eigenvalue weighted by Crippen LogP contribution is -2.56. The molecule has 4 nitrogen and oxygen atoms in total. The van der Waals surface area contributed by atoms with Crippen LogP contribution >= 0.6 is 0 Å². The highest BCUT2D eigenvalue weighted by Gasteiger charge is 2.37. The summed E-state index contributed by atoms with van der Waals surface area (Å²) in [5.41, 5.74) is 0. The van der Waals surface area contributed by atoms with Gasteiger partial charge in [-0.3, -0.25) is 9.59 Å². The fourth-order valence-electron chi connectivity index (χ4n) is 2.44. The summed E-state index contributed by atoms with van der Waals surface area (Å²) < 4.78 is 5.14. The van der Waals surface area contributed by atoms with Gasteiger partial charge >= 0.3 is 5.97 Å². The van der Waals surface area contributed by atoms with Crippen LogP contribution in [0.3, 0.4) is 0 Å². The Labute approximate surface area is 103 Å². The van der Waals surface area contributed by atoms with Crippen molar-refractivity contribution in [3.63, 3.8) is 0 Å². The molecule has 98 valence electrons. The second kappa shape index (κ2) is 6.74. The van der Waals surface area contributed by atoms with Gasteiger partial charge in [-0.05, 0) is 12.8 Å². The molecule has 0 spiro atoms. The highest BCUT2D eigenvalue weighted by molar-refractivity contribution is 5.87. The van der Waals surface area contributed by atoms with Crippen LogP contribution in [0.1, 0.15) is 52.9 Å². The molecule has 4 heteroatoms. The first-order chi connectivity index (χ1) is 8.08. The molecule has 3 atom stereocenters. The maximum atomic E-state index is 12.0. The second-order valence-corrected chi connectivity index (χ2v) is 4.75. The number of ketones is 1. The van der Waals surface area contributed by atoms with E-state index >= 15 is 0 Å². The predicted molar refractivity (Wildman–Crippen MR) is 65.7 cm³/mol. The summed E-state index contributed by atoms with van der Waals surface area (Å²) in [5, 5.41) is 3.44. The Morgan fingerprint density at radius 1 is 1.35 bits per heavy atom. The minimum Gasteiger partial charge on any atom is -0.453 e. The molecule has 1 aliphatic heterocycles. The second-order valence-electron chi connectivity index (χ2n) is 4.75. The van der Waals surface area contributed by atoms with E-state index in [9.17, 15) is 9.59 Å². The van der Waals surface area contributed by atoms with E-state index in [2.05, 4.69) is 19.2 Å². The number of piperidine rings is 1. The molecule has 1 aliphatic rings. The molecule has 0 aromatic carbocycles. The SMILES string of the molecule is CCCC1CC(=O)C(OC(C)=O)C(CCC)N1. The van der Waals surface area contributed by atoms with Gasteiger partial charge in [0, 0.05) is 19.4 Å². The number of rotatable bonds is 5. The van der Waals surface area contributed by atoms with E-state index in [0.29, 0.717) is 6.42 Å². The number of Topliss-reactive ketones (excluding diaryl/α,β-unsaturated/α-hetero) is 1. The zero-order chi connectivity index (χ0) is 12.8. The van der Waals surface area contributed by atoms with Gasteiger partial charge in [-0.2, -0.15) is 0 Å². The smallest absolute Gasteiger partial charge is 0.303 e. The van der Waals surface area contributed by atoms with Crippen molar-refractivity contribution in [3.8, 4) is 0 Å². The van der Waals surface area contributed by atoms with Crippen LogP contribution in [0.25, 0.3) is 0 Å². The lowest BCUT2D eigenvalue weighted by molar-refractivity contribution is -0.157. The van der Waals surface area contributed by atoms with Gasteiger partial charge in [0.25, 0.3) is 0 Å². The summed E-state index contributed by atoms with van der Waals surface area (Å²) in [5.74, 6) is -0.309. The van der Waals surface area contributed by atoms with Crippen molar-refractivity contribution in [2.45, 2.75) is 71.1 Å². The Bertz CT molecular complexity index is 278. The fourth-order valence-corrected chi connectivity index (χ4v) is 2.44. The van der Waals surface area contributed by atoms with Gasteiger partial charge < -0.3 is 10.1 Å². The quantitative estimate of drug-likeness (QED) is 0.746. The summed E-state index contributed by atoms with van der Waals surface area (Å²) >= 11 is 0. The summed E-state index contributed by atoms with van der Waals surface area (Å²) in [6, 6.07) is 0.234. The van der Waals surface area contributed by atoms with Crippen molar-refractivity contribution in [2.24, 2.45) is 0 Å². The van der Waals surface area contributed by atoms with E-state index in [0.717, 1.165) is 25.7 Å². The number of nitrogens with one attached hydrogen (secondary N) is 1. The molecule has 0 aromatic heterocycles. The molecule has 0 saturated carbocycles. The van der Waals surface area contributed by atoms with Crippen LogP contribution in [0.15, 0.2) is 0 Å². The standard InChI is InChI=1S/C13H23NO3/c1-4-6-10-8-12(16)13(17-9(3)15)11(14-10)7-5-2/h10-11,13-14H,4-8H2,1-3H3. The van der Waals surface area contributed by atoms with E-state index < -0.39 is 6.10 Å². The zero-order valence-corrected chi connectivity index (χ0v) is 11.0. The first-order valence-corrected chi connectivity index (χ1v) is 6.54. The lowest BCUT2D eigenvalue weighted by Gasteiger charge is -2.35. The first-order valence-electron chi connectivity index (χ1n) is 6.54. The minimum atomic E-state index is -0.583. The van der Waals surface area contributed by atoms with Crippen LogP contribution in [0.2, 0.25) is 0 Å². The van der Waals surface area contributed by atoms with Gasteiger partial charge in [-0.1, -0.05) is 26.7 Å². The normalized spacial score (nSPS) is 29.1. The summed E-state index contributed by atoms with van der Waals surface area (Å²) in [6.07, 6.45) is 3.79. The van der Waals surface area contributed by atoms with E-state index in [-0.39, 0.29) is 23.8 Å². The Hall–Kier alpha value is -0.900. The van der Waals surface area contributed by atoms with Gasteiger partial charge in [-0.25, -0.2) is 0 Å². The number of esters is 1. The molecule has 0 amide bonds.